The second-order valence-corrected chi connectivity index (χ2v) is 5.33. The molecule has 2 N–H and O–H groups in total. The van der Waals surface area contributed by atoms with Crippen LogP contribution in [0, 0.1) is 5.82 Å². The zero-order chi connectivity index (χ0) is 17.0. The van der Waals surface area contributed by atoms with Gasteiger partial charge in [0.2, 0.25) is 0 Å². The van der Waals surface area contributed by atoms with Gasteiger partial charge < -0.3 is 10.5 Å². The predicted molar refractivity (Wildman–Crippen MR) is 80.2 cm³/mol. The van der Waals surface area contributed by atoms with E-state index in [0.717, 1.165) is 15.6 Å². The minimum Gasteiger partial charge on any atom is -0.445 e. The highest BCUT2D eigenvalue weighted by atomic mass is 79.9. The van der Waals surface area contributed by atoms with Gasteiger partial charge in [0.1, 0.15) is 18.8 Å². The van der Waals surface area contributed by atoms with Gasteiger partial charge in [-0.15, -0.1) is 0 Å². The second-order valence-electron chi connectivity index (χ2n) is 4.41. The third-order valence-electron chi connectivity index (χ3n) is 2.81. The molecule has 0 atom stereocenters. The molecule has 0 saturated heterocycles. The summed E-state index contributed by atoms with van der Waals surface area (Å²) in [6, 6.07) is 4.16. The summed E-state index contributed by atoms with van der Waals surface area (Å²) in [6.07, 6.45) is 0.229. The Morgan fingerprint density at radius 2 is 2.22 bits per heavy atom. The third-order valence-corrected chi connectivity index (χ3v) is 3.30. The van der Waals surface area contributed by atoms with E-state index in [-0.39, 0.29) is 24.1 Å². The maximum absolute atomic E-state index is 13.9. The van der Waals surface area contributed by atoms with Crippen LogP contribution in [-0.4, -0.2) is 27.0 Å². The maximum Gasteiger partial charge on any atom is 0.404 e. The van der Waals surface area contributed by atoms with Crippen molar-refractivity contribution in [1.29, 1.82) is 0 Å². The normalized spacial score (nSPS) is 11.5. The SMILES string of the molecule is NC(=O)OC/C(=C\F)Cn1ncn(-c2ccc(Br)cc2F)c1=O. The Morgan fingerprint density at radius 3 is 2.83 bits per heavy atom. The molecule has 0 unspecified atom stereocenters. The smallest absolute Gasteiger partial charge is 0.404 e. The minimum absolute atomic E-state index is 0.00335. The van der Waals surface area contributed by atoms with Crippen LogP contribution >= 0.6 is 15.9 Å². The number of ether oxygens (including phenoxy) is 1. The van der Waals surface area contributed by atoms with Crippen molar-refractivity contribution in [2.45, 2.75) is 6.54 Å². The molecule has 1 amide bonds. The Hall–Kier alpha value is -2.49. The fourth-order valence-corrected chi connectivity index (χ4v) is 2.09. The first kappa shape index (κ1) is 16.9. The van der Waals surface area contributed by atoms with E-state index in [9.17, 15) is 18.4 Å². The Bertz CT molecular complexity index is 816. The standard InChI is InChI=1S/C13H11BrF2N4O3/c14-9-1-2-11(10(16)3-9)19-7-18-20(13(19)22)5-8(4-15)6-23-12(17)21/h1-4,7H,5-6H2,(H2,17,21)/b8-4-. The van der Waals surface area contributed by atoms with Gasteiger partial charge in [-0.05, 0) is 18.2 Å². The van der Waals surface area contributed by atoms with Crippen LogP contribution in [0.25, 0.3) is 5.69 Å². The van der Waals surface area contributed by atoms with Gasteiger partial charge in [0.15, 0.2) is 0 Å². The van der Waals surface area contributed by atoms with E-state index in [4.69, 9.17) is 5.73 Å². The number of nitrogens with zero attached hydrogens (tertiary/aromatic N) is 3. The van der Waals surface area contributed by atoms with Gasteiger partial charge >= 0.3 is 11.8 Å². The molecule has 23 heavy (non-hydrogen) atoms. The zero-order valence-electron chi connectivity index (χ0n) is 11.6. The summed E-state index contributed by atoms with van der Waals surface area (Å²) in [4.78, 5) is 22.7. The van der Waals surface area contributed by atoms with Gasteiger partial charge in [-0.3, -0.25) is 0 Å². The van der Waals surface area contributed by atoms with Crippen LogP contribution in [0.5, 0.6) is 0 Å². The van der Waals surface area contributed by atoms with E-state index in [1.807, 2.05) is 0 Å². The molecule has 1 aromatic heterocycles. The van der Waals surface area contributed by atoms with E-state index in [2.05, 4.69) is 25.8 Å². The van der Waals surface area contributed by atoms with E-state index in [1.54, 1.807) is 6.07 Å². The molecule has 0 spiro atoms. The molecule has 0 saturated carbocycles. The van der Waals surface area contributed by atoms with Crippen LogP contribution in [0.1, 0.15) is 0 Å². The van der Waals surface area contributed by atoms with Crippen molar-refractivity contribution < 1.29 is 18.3 Å². The van der Waals surface area contributed by atoms with Crippen molar-refractivity contribution in [3.8, 4) is 5.69 Å². The number of carbonyl (C=O) groups is 1. The molecule has 1 heterocycles. The second kappa shape index (κ2) is 7.18. The van der Waals surface area contributed by atoms with Crippen LogP contribution < -0.4 is 11.4 Å². The average molecular weight is 389 g/mol. The average Bonchev–Trinajstić information content (AvgIpc) is 2.84. The van der Waals surface area contributed by atoms with Crippen LogP contribution in [-0.2, 0) is 11.3 Å². The Balaban J connectivity index is 2.25. The van der Waals surface area contributed by atoms with Crippen molar-refractivity contribution >= 4 is 22.0 Å². The molecule has 0 aliphatic rings. The van der Waals surface area contributed by atoms with Crippen molar-refractivity contribution in [3.63, 3.8) is 0 Å². The van der Waals surface area contributed by atoms with Crippen LogP contribution in [0.3, 0.4) is 0 Å². The number of rotatable bonds is 5. The number of nitrogens with two attached hydrogens (primary N) is 1. The molecule has 2 rings (SSSR count). The Kier molecular flexibility index (Phi) is 5.27. The number of hydrogen-bond donors (Lipinski definition) is 1. The molecule has 0 radical (unpaired) electrons. The molecular formula is C13H11BrF2N4O3. The number of carbonyl (C=O) groups excluding carboxylic acids is 1. The lowest BCUT2D eigenvalue weighted by Gasteiger charge is -2.05. The summed E-state index contributed by atoms with van der Waals surface area (Å²) in [5.74, 6) is -0.626. The molecule has 10 heteroatoms. The van der Waals surface area contributed by atoms with Gasteiger partial charge in [-0.25, -0.2) is 27.6 Å². The fraction of sp³-hybridized carbons (Fsp3) is 0.154. The number of hydrogen-bond acceptors (Lipinski definition) is 4. The lowest BCUT2D eigenvalue weighted by atomic mass is 10.3. The molecule has 2 aromatic rings. The number of benzene rings is 1. The maximum atomic E-state index is 13.9. The molecule has 0 fully saturated rings. The first-order valence-electron chi connectivity index (χ1n) is 6.22. The number of halogens is 3. The largest absolute Gasteiger partial charge is 0.445 e. The van der Waals surface area contributed by atoms with E-state index < -0.39 is 24.2 Å². The zero-order valence-corrected chi connectivity index (χ0v) is 13.2. The van der Waals surface area contributed by atoms with Gasteiger partial charge in [0.25, 0.3) is 0 Å². The fourth-order valence-electron chi connectivity index (χ4n) is 1.76. The third kappa shape index (κ3) is 4.03. The number of primary amides is 1. The molecule has 122 valence electrons. The van der Waals surface area contributed by atoms with E-state index in [0.29, 0.717) is 4.47 Å². The van der Waals surface area contributed by atoms with Crippen molar-refractivity contribution in [2.75, 3.05) is 6.61 Å². The quantitative estimate of drug-likeness (QED) is 0.846. The van der Waals surface area contributed by atoms with E-state index >= 15 is 0 Å². The number of aromatic nitrogens is 3. The molecular weight excluding hydrogens is 378 g/mol. The monoisotopic (exact) mass is 388 g/mol. The summed E-state index contributed by atoms with van der Waals surface area (Å²) < 4.78 is 33.5. The molecule has 7 nitrogen and oxygen atoms in total. The molecule has 1 aromatic carbocycles. The highest BCUT2D eigenvalue weighted by molar-refractivity contribution is 9.10. The van der Waals surface area contributed by atoms with Gasteiger partial charge in [-0.2, -0.15) is 5.10 Å². The lowest BCUT2D eigenvalue weighted by molar-refractivity contribution is 0.164. The predicted octanol–water partition coefficient (Wildman–Crippen LogP) is 1.88. The lowest BCUT2D eigenvalue weighted by Crippen LogP contribution is -2.26. The first-order chi connectivity index (χ1) is 10.9. The van der Waals surface area contributed by atoms with Gasteiger partial charge in [0, 0.05) is 10.0 Å². The van der Waals surface area contributed by atoms with Crippen LogP contribution in [0.2, 0.25) is 0 Å². The molecule has 0 bridgehead atoms. The Labute approximate surface area is 137 Å². The summed E-state index contributed by atoms with van der Waals surface area (Å²) >= 11 is 3.11. The summed E-state index contributed by atoms with van der Waals surface area (Å²) in [7, 11) is 0. The topological polar surface area (TPSA) is 92.1 Å². The number of amides is 1. The van der Waals surface area contributed by atoms with Crippen molar-refractivity contribution in [3.05, 3.63) is 57.2 Å². The van der Waals surface area contributed by atoms with Crippen LogP contribution in [0.15, 0.2) is 45.7 Å². The minimum atomic E-state index is -1.07. The van der Waals surface area contributed by atoms with Gasteiger partial charge in [-0.1, -0.05) is 15.9 Å². The van der Waals surface area contributed by atoms with Crippen LogP contribution in [0.4, 0.5) is 13.6 Å². The highest BCUT2D eigenvalue weighted by Crippen LogP contribution is 2.17. The summed E-state index contributed by atoms with van der Waals surface area (Å²) in [6.45, 7) is -0.689. The Morgan fingerprint density at radius 1 is 1.48 bits per heavy atom. The van der Waals surface area contributed by atoms with E-state index in [1.165, 1.54) is 12.1 Å². The van der Waals surface area contributed by atoms with Crippen molar-refractivity contribution in [1.82, 2.24) is 14.3 Å². The summed E-state index contributed by atoms with van der Waals surface area (Å²) in [5, 5.41) is 3.78. The highest BCUT2D eigenvalue weighted by Gasteiger charge is 2.13. The first-order valence-corrected chi connectivity index (χ1v) is 7.02. The van der Waals surface area contributed by atoms with Gasteiger partial charge in [0.05, 0.1) is 18.6 Å². The molecule has 0 aliphatic heterocycles. The molecule has 0 aliphatic carbocycles. The summed E-state index contributed by atoms with van der Waals surface area (Å²) in [5.41, 5.74) is 4.08. The van der Waals surface area contributed by atoms with Crippen molar-refractivity contribution in [2.24, 2.45) is 5.73 Å².